The molecule has 4 heteroatoms. The van der Waals surface area contributed by atoms with Gasteiger partial charge in [0.2, 0.25) is 0 Å². The highest BCUT2D eigenvalue weighted by Gasteiger charge is 2.40. The van der Waals surface area contributed by atoms with Crippen molar-refractivity contribution >= 4 is 5.69 Å². The lowest BCUT2D eigenvalue weighted by Crippen LogP contribution is -2.36. The lowest BCUT2D eigenvalue weighted by atomic mass is 9.77. The van der Waals surface area contributed by atoms with Gasteiger partial charge in [0.15, 0.2) is 0 Å². The molecule has 0 aliphatic carbocycles. The minimum absolute atomic E-state index is 0.0645. The van der Waals surface area contributed by atoms with E-state index in [-0.39, 0.29) is 23.9 Å². The van der Waals surface area contributed by atoms with Crippen LogP contribution in [0, 0.1) is 11.7 Å². The van der Waals surface area contributed by atoms with Gasteiger partial charge in [-0.2, -0.15) is 0 Å². The fourth-order valence-electron chi connectivity index (χ4n) is 3.97. The largest absolute Gasteiger partial charge is 0.494 e. The van der Waals surface area contributed by atoms with Crippen molar-refractivity contribution < 1.29 is 13.9 Å². The molecule has 1 N–H and O–H groups in total. The molecule has 0 bridgehead atoms. The van der Waals surface area contributed by atoms with Crippen molar-refractivity contribution in [3.05, 3.63) is 59.4 Å². The number of fused-ring (bicyclic) bond motifs is 3. The van der Waals surface area contributed by atoms with Gasteiger partial charge in [0.05, 0.1) is 18.8 Å². The van der Waals surface area contributed by atoms with E-state index in [0.717, 1.165) is 42.0 Å². The zero-order valence-electron chi connectivity index (χ0n) is 13.8. The molecule has 0 aromatic heterocycles. The van der Waals surface area contributed by atoms with Crippen LogP contribution in [-0.4, -0.2) is 13.2 Å². The van der Waals surface area contributed by atoms with Crippen LogP contribution in [0.2, 0.25) is 0 Å². The first-order valence-corrected chi connectivity index (χ1v) is 8.67. The molecule has 24 heavy (non-hydrogen) atoms. The molecule has 2 aliphatic heterocycles. The summed E-state index contributed by atoms with van der Waals surface area (Å²) in [5.74, 6) is 0.971. The van der Waals surface area contributed by atoms with Crippen LogP contribution in [0.15, 0.2) is 42.5 Å². The van der Waals surface area contributed by atoms with Crippen molar-refractivity contribution in [2.75, 3.05) is 18.5 Å². The molecule has 2 aliphatic rings. The third-order valence-corrected chi connectivity index (χ3v) is 4.98. The number of anilines is 1. The van der Waals surface area contributed by atoms with Crippen molar-refractivity contribution in [1.29, 1.82) is 0 Å². The summed E-state index contributed by atoms with van der Waals surface area (Å²) in [5, 5.41) is 3.61. The molecule has 1 saturated heterocycles. The van der Waals surface area contributed by atoms with Gasteiger partial charge in [-0.3, -0.25) is 0 Å². The molecule has 0 amide bonds. The molecule has 1 fully saturated rings. The molecular weight excluding hydrogens is 305 g/mol. The average Bonchev–Trinajstić information content (AvgIpc) is 2.62. The zero-order valence-corrected chi connectivity index (χ0v) is 13.8. The monoisotopic (exact) mass is 327 g/mol. The summed E-state index contributed by atoms with van der Waals surface area (Å²) in [7, 11) is 0. The Balaban J connectivity index is 1.78. The second kappa shape index (κ2) is 6.44. The first-order chi connectivity index (χ1) is 11.8. The Labute approximate surface area is 141 Å². The molecule has 0 spiro atoms. The van der Waals surface area contributed by atoms with E-state index in [1.807, 2.05) is 31.2 Å². The lowest BCUT2D eigenvalue weighted by Gasteiger charge is -2.43. The predicted molar refractivity (Wildman–Crippen MR) is 91.8 cm³/mol. The number of ether oxygens (including phenoxy) is 2. The van der Waals surface area contributed by atoms with Gasteiger partial charge < -0.3 is 14.8 Å². The van der Waals surface area contributed by atoms with E-state index >= 15 is 0 Å². The van der Waals surface area contributed by atoms with Gasteiger partial charge in [-0.25, -0.2) is 4.39 Å². The fourth-order valence-corrected chi connectivity index (χ4v) is 3.97. The maximum atomic E-state index is 13.7. The van der Waals surface area contributed by atoms with Crippen molar-refractivity contribution in [2.24, 2.45) is 5.92 Å². The van der Waals surface area contributed by atoms with Crippen LogP contribution >= 0.6 is 0 Å². The van der Waals surface area contributed by atoms with Crippen molar-refractivity contribution in [3.8, 4) is 5.75 Å². The topological polar surface area (TPSA) is 30.5 Å². The Bertz CT molecular complexity index is 733. The van der Waals surface area contributed by atoms with Crippen molar-refractivity contribution in [3.63, 3.8) is 0 Å². The Hall–Kier alpha value is -2.07. The molecule has 126 valence electrons. The van der Waals surface area contributed by atoms with Crippen LogP contribution < -0.4 is 10.1 Å². The molecule has 1 unspecified atom stereocenters. The van der Waals surface area contributed by atoms with Gasteiger partial charge in [0.1, 0.15) is 11.6 Å². The standard InChI is InChI=1S/C20H22FNO2/c1-2-23-18-8-4-3-6-14(18)19-15-7-5-11-24-20(15)16-12-13(21)9-10-17(16)22-19/h3-4,6,8-10,12,15,19-20,22H,2,5,7,11H2,1H3/t15-,19?,20-/m0/s1. The lowest BCUT2D eigenvalue weighted by molar-refractivity contribution is -0.0384. The molecule has 0 saturated carbocycles. The van der Waals surface area contributed by atoms with Gasteiger partial charge in [-0.1, -0.05) is 18.2 Å². The highest BCUT2D eigenvalue weighted by Crippen LogP contribution is 2.50. The molecule has 3 nitrogen and oxygen atoms in total. The van der Waals surface area contributed by atoms with E-state index in [0.29, 0.717) is 6.61 Å². The van der Waals surface area contributed by atoms with E-state index < -0.39 is 0 Å². The van der Waals surface area contributed by atoms with Gasteiger partial charge in [0.25, 0.3) is 0 Å². The number of benzene rings is 2. The highest BCUT2D eigenvalue weighted by molar-refractivity contribution is 5.58. The zero-order chi connectivity index (χ0) is 16.5. The quantitative estimate of drug-likeness (QED) is 0.873. The molecule has 2 heterocycles. The van der Waals surface area contributed by atoms with Crippen LogP contribution in [0.25, 0.3) is 0 Å². The predicted octanol–water partition coefficient (Wildman–Crippen LogP) is 4.86. The summed E-state index contributed by atoms with van der Waals surface area (Å²) >= 11 is 0. The van der Waals surface area contributed by atoms with Crippen LogP contribution in [0.3, 0.4) is 0 Å². The van der Waals surface area contributed by atoms with Crippen LogP contribution in [-0.2, 0) is 4.74 Å². The summed E-state index contributed by atoms with van der Waals surface area (Å²) in [4.78, 5) is 0. The van der Waals surface area contributed by atoms with E-state index in [2.05, 4.69) is 11.4 Å². The summed E-state index contributed by atoms with van der Waals surface area (Å²) in [6.07, 6.45) is 2.02. The van der Waals surface area contributed by atoms with Gasteiger partial charge in [-0.15, -0.1) is 0 Å². The normalized spacial score (nSPS) is 25.3. The van der Waals surface area contributed by atoms with Crippen molar-refractivity contribution in [1.82, 2.24) is 0 Å². The first-order valence-electron chi connectivity index (χ1n) is 8.67. The summed E-state index contributed by atoms with van der Waals surface area (Å²) in [5.41, 5.74) is 3.04. The number of hydrogen-bond donors (Lipinski definition) is 1. The SMILES string of the molecule is CCOc1ccccc1C1Nc2ccc(F)cc2[C@H]2OCCC[C@@H]12. The Morgan fingerprint density at radius 1 is 1.21 bits per heavy atom. The Kier molecular flexibility index (Phi) is 4.15. The summed E-state index contributed by atoms with van der Waals surface area (Å²) in [6.45, 7) is 3.36. The first kappa shape index (κ1) is 15.5. The third kappa shape index (κ3) is 2.65. The van der Waals surface area contributed by atoms with Gasteiger partial charge in [0, 0.05) is 29.3 Å². The molecule has 2 aromatic carbocycles. The van der Waals surface area contributed by atoms with E-state index in [1.54, 1.807) is 6.07 Å². The second-order valence-corrected chi connectivity index (χ2v) is 6.42. The molecule has 3 atom stereocenters. The smallest absolute Gasteiger partial charge is 0.124 e. The second-order valence-electron chi connectivity index (χ2n) is 6.42. The number of nitrogens with one attached hydrogen (secondary N) is 1. The number of rotatable bonds is 3. The average molecular weight is 327 g/mol. The van der Waals surface area contributed by atoms with E-state index in [4.69, 9.17) is 9.47 Å². The highest BCUT2D eigenvalue weighted by atomic mass is 19.1. The summed E-state index contributed by atoms with van der Waals surface area (Å²) in [6, 6.07) is 13.2. The minimum atomic E-state index is -0.211. The van der Waals surface area contributed by atoms with Crippen LogP contribution in [0.5, 0.6) is 5.75 Å². The minimum Gasteiger partial charge on any atom is -0.494 e. The Morgan fingerprint density at radius 2 is 2.08 bits per heavy atom. The number of para-hydroxylation sites is 1. The van der Waals surface area contributed by atoms with Crippen molar-refractivity contribution in [2.45, 2.75) is 31.9 Å². The van der Waals surface area contributed by atoms with Crippen LogP contribution in [0.4, 0.5) is 10.1 Å². The maximum absolute atomic E-state index is 13.7. The molecule has 2 aromatic rings. The molecular formula is C20H22FNO2. The molecule has 4 rings (SSSR count). The Morgan fingerprint density at radius 3 is 2.96 bits per heavy atom. The van der Waals surface area contributed by atoms with E-state index in [9.17, 15) is 4.39 Å². The third-order valence-electron chi connectivity index (χ3n) is 4.98. The molecule has 0 radical (unpaired) electrons. The van der Waals surface area contributed by atoms with Gasteiger partial charge in [-0.05, 0) is 44.0 Å². The summed E-state index contributed by atoms with van der Waals surface area (Å²) < 4.78 is 25.6. The number of halogens is 1. The number of hydrogen-bond acceptors (Lipinski definition) is 3. The van der Waals surface area contributed by atoms with Crippen LogP contribution in [0.1, 0.15) is 43.0 Å². The maximum Gasteiger partial charge on any atom is 0.124 e. The van der Waals surface area contributed by atoms with E-state index in [1.165, 1.54) is 6.07 Å². The fraction of sp³-hybridized carbons (Fsp3) is 0.400. The van der Waals surface area contributed by atoms with Gasteiger partial charge >= 0.3 is 0 Å².